The molecule has 1 heterocycles. The number of halogens is 1. The van der Waals surface area contributed by atoms with Gasteiger partial charge >= 0.3 is 0 Å². The summed E-state index contributed by atoms with van der Waals surface area (Å²) < 4.78 is 27.8. The standard InChI is InChI=1S/C16H24ClNO2S/c1-4-15-7-5-6-8-18(15)21(19,20)16-10-14(11-17)12(2)9-13(16)3/h9-10,15H,4-8,11H2,1-3H3. The van der Waals surface area contributed by atoms with E-state index in [1.807, 2.05) is 19.9 Å². The SMILES string of the molecule is CCC1CCCCN1S(=O)(=O)c1cc(CCl)c(C)cc1C. The van der Waals surface area contributed by atoms with E-state index in [4.69, 9.17) is 11.6 Å². The van der Waals surface area contributed by atoms with E-state index < -0.39 is 10.0 Å². The number of hydrogen-bond donors (Lipinski definition) is 0. The molecule has 1 unspecified atom stereocenters. The Labute approximate surface area is 133 Å². The fraction of sp³-hybridized carbons (Fsp3) is 0.625. The number of benzene rings is 1. The first-order valence-corrected chi connectivity index (χ1v) is 9.57. The molecule has 5 heteroatoms. The van der Waals surface area contributed by atoms with E-state index in [9.17, 15) is 8.42 Å². The van der Waals surface area contributed by atoms with Gasteiger partial charge in [0.25, 0.3) is 0 Å². The van der Waals surface area contributed by atoms with Gasteiger partial charge < -0.3 is 0 Å². The molecule has 0 amide bonds. The molecule has 3 nitrogen and oxygen atoms in total. The lowest BCUT2D eigenvalue weighted by Crippen LogP contribution is -2.43. The largest absolute Gasteiger partial charge is 0.243 e. The highest BCUT2D eigenvalue weighted by Crippen LogP contribution is 2.30. The molecule has 1 aliphatic heterocycles. The second kappa shape index (κ2) is 6.67. The summed E-state index contributed by atoms with van der Waals surface area (Å²) in [6.45, 7) is 6.52. The molecule has 2 rings (SSSR count). The van der Waals surface area contributed by atoms with Crippen molar-refractivity contribution in [2.24, 2.45) is 0 Å². The third-order valence-electron chi connectivity index (χ3n) is 4.41. The van der Waals surface area contributed by atoms with Crippen molar-refractivity contribution < 1.29 is 8.42 Å². The van der Waals surface area contributed by atoms with Crippen LogP contribution >= 0.6 is 11.6 Å². The smallest absolute Gasteiger partial charge is 0.207 e. The lowest BCUT2D eigenvalue weighted by atomic mass is 10.0. The van der Waals surface area contributed by atoms with Crippen molar-refractivity contribution in [3.05, 3.63) is 28.8 Å². The molecule has 0 saturated carbocycles. The quantitative estimate of drug-likeness (QED) is 0.783. The molecule has 1 saturated heterocycles. The van der Waals surface area contributed by atoms with Crippen LogP contribution in [0.3, 0.4) is 0 Å². The predicted molar refractivity (Wildman–Crippen MR) is 87.3 cm³/mol. The van der Waals surface area contributed by atoms with Crippen molar-refractivity contribution in [3.8, 4) is 0 Å². The highest BCUT2D eigenvalue weighted by molar-refractivity contribution is 7.89. The Bertz CT molecular complexity index is 613. The summed E-state index contributed by atoms with van der Waals surface area (Å²) >= 11 is 5.94. The van der Waals surface area contributed by atoms with Crippen LogP contribution in [0, 0.1) is 13.8 Å². The van der Waals surface area contributed by atoms with E-state index in [1.54, 1.807) is 10.4 Å². The third-order valence-corrected chi connectivity index (χ3v) is 6.79. The van der Waals surface area contributed by atoms with E-state index in [2.05, 4.69) is 6.92 Å². The van der Waals surface area contributed by atoms with E-state index in [-0.39, 0.29) is 6.04 Å². The third kappa shape index (κ3) is 3.27. The monoisotopic (exact) mass is 329 g/mol. The van der Waals surface area contributed by atoms with Gasteiger partial charge in [-0.15, -0.1) is 11.6 Å². The van der Waals surface area contributed by atoms with Gasteiger partial charge in [-0.3, -0.25) is 0 Å². The fourth-order valence-corrected chi connectivity index (χ4v) is 5.44. The number of rotatable bonds is 4. The highest BCUT2D eigenvalue weighted by Gasteiger charge is 2.33. The molecule has 0 N–H and O–H groups in total. The second-order valence-corrected chi connectivity index (χ2v) is 7.98. The summed E-state index contributed by atoms with van der Waals surface area (Å²) in [7, 11) is -3.43. The molecule has 118 valence electrons. The van der Waals surface area contributed by atoms with Gasteiger partial charge in [0.05, 0.1) is 4.90 Å². The van der Waals surface area contributed by atoms with Crippen LogP contribution in [0.5, 0.6) is 0 Å². The van der Waals surface area contributed by atoms with Crippen molar-refractivity contribution in [1.29, 1.82) is 0 Å². The Hall–Kier alpha value is -0.580. The van der Waals surface area contributed by atoms with E-state index in [0.29, 0.717) is 17.3 Å². The molecule has 1 aromatic carbocycles. The van der Waals surface area contributed by atoms with Crippen molar-refractivity contribution in [2.75, 3.05) is 6.54 Å². The molecule has 1 aliphatic rings. The molecule has 1 atom stereocenters. The first kappa shape index (κ1) is 16.8. The van der Waals surface area contributed by atoms with Crippen LogP contribution in [0.2, 0.25) is 0 Å². The van der Waals surface area contributed by atoms with E-state index >= 15 is 0 Å². The average Bonchev–Trinajstić information content (AvgIpc) is 2.47. The molecule has 0 radical (unpaired) electrons. The van der Waals surface area contributed by atoms with Crippen LogP contribution in [-0.2, 0) is 15.9 Å². The van der Waals surface area contributed by atoms with Gasteiger partial charge in [0, 0.05) is 18.5 Å². The minimum Gasteiger partial charge on any atom is -0.207 e. The lowest BCUT2D eigenvalue weighted by Gasteiger charge is -2.34. The van der Waals surface area contributed by atoms with Gasteiger partial charge in [-0.2, -0.15) is 4.31 Å². The van der Waals surface area contributed by atoms with E-state index in [0.717, 1.165) is 42.4 Å². The zero-order chi connectivity index (χ0) is 15.6. The first-order valence-electron chi connectivity index (χ1n) is 7.59. The molecular formula is C16H24ClNO2S. The Morgan fingerprint density at radius 2 is 1.95 bits per heavy atom. The van der Waals surface area contributed by atoms with Gasteiger partial charge in [-0.25, -0.2) is 8.42 Å². The molecule has 1 fully saturated rings. The molecule has 0 bridgehead atoms. The predicted octanol–water partition coefficient (Wildman–Crippen LogP) is 4.00. The Balaban J connectivity index is 2.48. The number of aryl methyl sites for hydroxylation is 2. The van der Waals surface area contributed by atoms with Crippen LogP contribution in [-0.4, -0.2) is 25.3 Å². The Morgan fingerprint density at radius 3 is 2.57 bits per heavy atom. The van der Waals surface area contributed by atoms with Gasteiger partial charge in [0.15, 0.2) is 0 Å². The van der Waals surface area contributed by atoms with Crippen molar-refractivity contribution in [3.63, 3.8) is 0 Å². The van der Waals surface area contributed by atoms with Crippen LogP contribution in [0.25, 0.3) is 0 Å². The Kier molecular flexibility index (Phi) is 5.33. The average molecular weight is 330 g/mol. The summed E-state index contributed by atoms with van der Waals surface area (Å²) in [4.78, 5) is 0.420. The maximum atomic E-state index is 13.0. The van der Waals surface area contributed by atoms with Crippen molar-refractivity contribution in [2.45, 2.75) is 63.3 Å². The summed E-state index contributed by atoms with van der Waals surface area (Å²) in [6, 6.07) is 3.81. The fourth-order valence-electron chi connectivity index (χ4n) is 3.12. The van der Waals surface area contributed by atoms with Crippen LogP contribution in [0.15, 0.2) is 17.0 Å². The van der Waals surface area contributed by atoms with Crippen molar-refractivity contribution in [1.82, 2.24) is 4.31 Å². The van der Waals surface area contributed by atoms with Gasteiger partial charge in [0.2, 0.25) is 10.0 Å². The molecule has 21 heavy (non-hydrogen) atoms. The van der Waals surface area contributed by atoms with Gasteiger partial charge in [-0.05, 0) is 55.9 Å². The van der Waals surface area contributed by atoms with Gasteiger partial charge in [0.1, 0.15) is 0 Å². The highest BCUT2D eigenvalue weighted by atomic mass is 35.5. The van der Waals surface area contributed by atoms with Crippen LogP contribution in [0.4, 0.5) is 0 Å². The zero-order valence-electron chi connectivity index (χ0n) is 13.0. The van der Waals surface area contributed by atoms with Crippen LogP contribution < -0.4 is 0 Å². The summed E-state index contributed by atoms with van der Waals surface area (Å²) in [5.41, 5.74) is 2.75. The lowest BCUT2D eigenvalue weighted by molar-refractivity contribution is 0.246. The number of piperidine rings is 1. The maximum Gasteiger partial charge on any atom is 0.243 e. The number of sulfonamides is 1. The van der Waals surface area contributed by atoms with Crippen molar-refractivity contribution >= 4 is 21.6 Å². The summed E-state index contributed by atoms with van der Waals surface area (Å²) in [5, 5.41) is 0. The Morgan fingerprint density at radius 1 is 1.24 bits per heavy atom. The number of hydrogen-bond acceptors (Lipinski definition) is 2. The second-order valence-electron chi connectivity index (χ2n) is 5.85. The van der Waals surface area contributed by atoms with E-state index in [1.165, 1.54) is 0 Å². The number of nitrogens with zero attached hydrogens (tertiary/aromatic N) is 1. The first-order chi connectivity index (χ1) is 9.91. The normalized spacial score (nSPS) is 20.7. The van der Waals surface area contributed by atoms with Crippen LogP contribution in [0.1, 0.15) is 49.3 Å². The zero-order valence-corrected chi connectivity index (χ0v) is 14.6. The number of alkyl halides is 1. The molecule has 0 spiro atoms. The van der Waals surface area contributed by atoms with Gasteiger partial charge in [-0.1, -0.05) is 19.4 Å². The minimum absolute atomic E-state index is 0.129. The molecule has 1 aromatic rings. The maximum absolute atomic E-state index is 13.0. The topological polar surface area (TPSA) is 37.4 Å². The minimum atomic E-state index is -3.43. The molecule has 0 aromatic heterocycles. The molecular weight excluding hydrogens is 306 g/mol. The summed E-state index contributed by atoms with van der Waals surface area (Å²) in [5.74, 6) is 0.339. The summed E-state index contributed by atoms with van der Waals surface area (Å²) in [6.07, 6.45) is 3.89. The molecule has 0 aliphatic carbocycles.